The number of benzene rings is 2. The highest BCUT2D eigenvalue weighted by Gasteiger charge is 2.23. The smallest absolute Gasteiger partial charge is 0.308 e. The number of rotatable bonds is 9. The molecule has 0 bridgehead atoms. The molecule has 0 aliphatic heterocycles. The highest BCUT2D eigenvalue weighted by Crippen LogP contribution is 2.26. The monoisotopic (exact) mass is 382 g/mol. The summed E-state index contributed by atoms with van der Waals surface area (Å²) in [7, 11) is 0. The van der Waals surface area contributed by atoms with Crippen molar-refractivity contribution in [3.8, 4) is 0 Å². The van der Waals surface area contributed by atoms with E-state index in [1.54, 1.807) is 11.8 Å². The third kappa shape index (κ3) is 4.34. The second-order valence-corrected chi connectivity index (χ2v) is 6.97. The molecule has 3 aromatic rings. The molecule has 1 heterocycles. The molecule has 6 nitrogen and oxygen atoms in total. The third-order valence-corrected chi connectivity index (χ3v) is 4.88. The Hall–Kier alpha value is -2.86. The van der Waals surface area contributed by atoms with Crippen molar-refractivity contribution in [1.82, 2.24) is 9.88 Å². The van der Waals surface area contributed by atoms with Gasteiger partial charge in [0.15, 0.2) is 0 Å². The minimum absolute atomic E-state index is 0.163. The number of nitrogens with zero attached hydrogens (tertiary/aromatic N) is 1. The van der Waals surface area contributed by atoms with E-state index in [1.807, 2.05) is 49.4 Å². The number of nitrogens with one attached hydrogen (secondary N) is 1. The summed E-state index contributed by atoms with van der Waals surface area (Å²) >= 11 is 0. The number of aromatic amines is 1. The number of ether oxygens (including phenoxy) is 1. The fraction of sp³-hybridized carbons (Fsp3) is 0.364. The van der Waals surface area contributed by atoms with Gasteiger partial charge < -0.3 is 19.7 Å². The number of carboxylic acid groups (broad SMARTS) is 1. The zero-order valence-corrected chi connectivity index (χ0v) is 16.3. The van der Waals surface area contributed by atoms with Crippen LogP contribution in [0.2, 0.25) is 0 Å². The van der Waals surface area contributed by atoms with Crippen molar-refractivity contribution in [3.05, 3.63) is 48.2 Å². The van der Waals surface area contributed by atoms with E-state index in [0.29, 0.717) is 31.9 Å². The van der Waals surface area contributed by atoms with Gasteiger partial charge in [-0.05, 0) is 36.2 Å². The number of carbonyl (C=O) groups excluding carboxylic acids is 1. The van der Waals surface area contributed by atoms with Gasteiger partial charge >= 0.3 is 5.97 Å². The molecule has 0 saturated carbocycles. The summed E-state index contributed by atoms with van der Waals surface area (Å²) in [5.74, 6) is -1.74. The van der Waals surface area contributed by atoms with Crippen molar-refractivity contribution in [2.45, 2.75) is 20.3 Å². The number of amides is 1. The molecule has 0 saturated heterocycles. The molecule has 1 aromatic heterocycles. The van der Waals surface area contributed by atoms with Crippen LogP contribution < -0.4 is 0 Å². The quantitative estimate of drug-likeness (QED) is 0.550. The first-order valence-corrected chi connectivity index (χ1v) is 9.61. The Labute approximate surface area is 164 Å². The Kier molecular flexibility index (Phi) is 6.31. The van der Waals surface area contributed by atoms with Crippen LogP contribution in [-0.4, -0.2) is 53.2 Å². The predicted octanol–water partition coefficient (Wildman–Crippen LogP) is 3.91. The Balaban J connectivity index is 1.87. The molecule has 3 rings (SSSR count). The third-order valence-electron chi connectivity index (χ3n) is 4.88. The van der Waals surface area contributed by atoms with Gasteiger partial charge in [0, 0.05) is 37.2 Å². The Morgan fingerprint density at radius 2 is 1.96 bits per heavy atom. The van der Waals surface area contributed by atoms with Crippen molar-refractivity contribution < 1.29 is 19.4 Å². The molecule has 0 radical (unpaired) electrons. The normalized spacial score (nSPS) is 12.4. The van der Waals surface area contributed by atoms with Crippen LogP contribution in [0.15, 0.2) is 42.5 Å². The van der Waals surface area contributed by atoms with E-state index >= 15 is 0 Å². The molecule has 1 unspecified atom stereocenters. The summed E-state index contributed by atoms with van der Waals surface area (Å²) in [6.45, 7) is 5.31. The van der Waals surface area contributed by atoms with E-state index in [1.165, 1.54) is 0 Å². The minimum Gasteiger partial charge on any atom is -0.481 e. The predicted molar refractivity (Wildman–Crippen MR) is 110 cm³/mol. The molecule has 0 aliphatic carbocycles. The van der Waals surface area contributed by atoms with Crippen molar-refractivity contribution in [3.63, 3.8) is 0 Å². The zero-order chi connectivity index (χ0) is 20.1. The number of carboxylic acids is 1. The first kappa shape index (κ1) is 19.9. The number of aliphatic carboxylic acids is 1. The maximum absolute atomic E-state index is 13.1. The lowest BCUT2D eigenvalue weighted by Gasteiger charge is -2.24. The summed E-state index contributed by atoms with van der Waals surface area (Å²) < 4.78 is 5.36. The van der Waals surface area contributed by atoms with Crippen LogP contribution in [0.25, 0.3) is 21.7 Å². The van der Waals surface area contributed by atoms with Gasteiger partial charge in [-0.25, -0.2) is 0 Å². The van der Waals surface area contributed by atoms with Crippen LogP contribution in [0.1, 0.15) is 30.8 Å². The fourth-order valence-electron chi connectivity index (χ4n) is 3.36. The van der Waals surface area contributed by atoms with Crippen LogP contribution in [0.3, 0.4) is 0 Å². The number of aromatic nitrogens is 1. The molecule has 0 spiro atoms. The summed E-state index contributed by atoms with van der Waals surface area (Å²) in [4.78, 5) is 29.2. The highest BCUT2D eigenvalue weighted by atomic mass is 16.5. The van der Waals surface area contributed by atoms with Gasteiger partial charge in [-0.2, -0.15) is 0 Å². The summed E-state index contributed by atoms with van der Waals surface area (Å²) in [5, 5.41) is 12.4. The van der Waals surface area contributed by atoms with E-state index in [2.05, 4.69) is 4.98 Å². The molecule has 6 heteroatoms. The molecule has 1 amide bonds. The largest absolute Gasteiger partial charge is 0.481 e. The van der Waals surface area contributed by atoms with Gasteiger partial charge in [0.1, 0.15) is 5.69 Å². The standard InChI is InChI=1S/C22H26N2O4/c1-3-28-12-6-11-24(14-15(2)22(26)27)21(25)20-13-18-17-8-5-4-7-16(17)9-10-19(18)23-20/h4-5,7-10,13,15,23H,3,6,11-12,14H2,1-2H3,(H,26,27). The number of hydrogen-bond donors (Lipinski definition) is 2. The number of fused-ring (bicyclic) bond motifs is 3. The summed E-state index contributed by atoms with van der Waals surface area (Å²) in [6.07, 6.45) is 0.662. The van der Waals surface area contributed by atoms with Crippen LogP contribution in [0.5, 0.6) is 0 Å². The second kappa shape index (κ2) is 8.89. The lowest BCUT2D eigenvalue weighted by Crippen LogP contribution is -2.38. The molecule has 148 valence electrons. The molecular formula is C22H26N2O4. The molecular weight excluding hydrogens is 356 g/mol. The van der Waals surface area contributed by atoms with E-state index in [-0.39, 0.29) is 12.5 Å². The van der Waals surface area contributed by atoms with Crippen molar-refractivity contribution in [2.75, 3.05) is 26.3 Å². The van der Waals surface area contributed by atoms with Gasteiger partial charge in [-0.1, -0.05) is 37.3 Å². The first-order chi connectivity index (χ1) is 13.5. The summed E-state index contributed by atoms with van der Waals surface area (Å²) in [6, 6.07) is 13.9. The van der Waals surface area contributed by atoms with Gasteiger partial charge in [-0.15, -0.1) is 0 Å². The number of H-pyrrole nitrogens is 1. The Morgan fingerprint density at radius 3 is 2.71 bits per heavy atom. The minimum atomic E-state index is -0.912. The van der Waals surface area contributed by atoms with E-state index in [9.17, 15) is 14.7 Å². The van der Waals surface area contributed by atoms with Crippen LogP contribution in [0, 0.1) is 5.92 Å². The average molecular weight is 382 g/mol. The Morgan fingerprint density at radius 1 is 1.18 bits per heavy atom. The van der Waals surface area contributed by atoms with Gasteiger partial charge in [0.05, 0.1) is 5.92 Å². The van der Waals surface area contributed by atoms with Gasteiger partial charge in [0.25, 0.3) is 5.91 Å². The second-order valence-electron chi connectivity index (χ2n) is 6.97. The van der Waals surface area contributed by atoms with Crippen molar-refractivity contribution >= 4 is 33.6 Å². The summed E-state index contributed by atoms with van der Waals surface area (Å²) in [5.41, 5.74) is 1.36. The number of hydrogen-bond acceptors (Lipinski definition) is 3. The average Bonchev–Trinajstić information content (AvgIpc) is 3.14. The van der Waals surface area contributed by atoms with Crippen molar-refractivity contribution in [1.29, 1.82) is 0 Å². The van der Waals surface area contributed by atoms with Gasteiger partial charge in [0.2, 0.25) is 0 Å². The van der Waals surface area contributed by atoms with Crippen LogP contribution >= 0.6 is 0 Å². The molecule has 0 fully saturated rings. The van der Waals surface area contributed by atoms with Crippen LogP contribution in [0.4, 0.5) is 0 Å². The molecule has 2 N–H and O–H groups in total. The molecule has 1 atom stereocenters. The topological polar surface area (TPSA) is 82.6 Å². The zero-order valence-electron chi connectivity index (χ0n) is 16.3. The molecule has 2 aromatic carbocycles. The van der Waals surface area contributed by atoms with Crippen molar-refractivity contribution in [2.24, 2.45) is 5.92 Å². The molecule has 28 heavy (non-hydrogen) atoms. The van der Waals surface area contributed by atoms with E-state index < -0.39 is 11.9 Å². The van der Waals surface area contributed by atoms with Crippen LogP contribution in [-0.2, 0) is 9.53 Å². The lowest BCUT2D eigenvalue weighted by molar-refractivity contribution is -0.141. The lowest BCUT2D eigenvalue weighted by atomic mass is 10.1. The maximum atomic E-state index is 13.1. The SMILES string of the molecule is CCOCCCN(CC(C)C(=O)O)C(=O)c1cc2c(ccc3ccccc32)[nH]1. The maximum Gasteiger partial charge on any atom is 0.308 e. The first-order valence-electron chi connectivity index (χ1n) is 9.61. The highest BCUT2D eigenvalue weighted by molar-refractivity contribution is 6.09. The van der Waals surface area contributed by atoms with E-state index in [0.717, 1.165) is 21.7 Å². The van der Waals surface area contributed by atoms with E-state index in [4.69, 9.17) is 4.74 Å². The van der Waals surface area contributed by atoms with Gasteiger partial charge in [-0.3, -0.25) is 9.59 Å². The number of carbonyl (C=O) groups is 2. The fourth-order valence-corrected chi connectivity index (χ4v) is 3.36. The Bertz CT molecular complexity index is 979. The molecule has 0 aliphatic rings.